The van der Waals surface area contributed by atoms with Crippen molar-refractivity contribution in [3.05, 3.63) is 35.0 Å². The molecule has 0 aliphatic carbocycles. The van der Waals surface area contributed by atoms with E-state index in [0.29, 0.717) is 5.69 Å². The summed E-state index contributed by atoms with van der Waals surface area (Å²) in [6, 6.07) is 6.30. The highest BCUT2D eigenvalue weighted by Gasteiger charge is 2.16. The van der Waals surface area contributed by atoms with Gasteiger partial charge in [0, 0.05) is 11.6 Å². The van der Waals surface area contributed by atoms with Gasteiger partial charge in [0.1, 0.15) is 0 Å². The van der Waals surface area contributed by atoms with Crippen LogP contribution in [0, 0.1) is 13.8 Å². The number of hydrogen-bond donors (Lipinski definition) is 0. The summed E-state index contributed by atoms with van der Waals surface area (Å²) in [4.78, 5) is 11.1. The summed E-state index contributed by atoms with van der Waals surface area (Å²) in [5.41, 5.74) is 4.60. The van der Waals surface area contributed by atoms with Crippen LogP contribution in [0.25, 0.3) is 11.3 Å². The minimum absolute atomic E-state index is 0.169. The SMILES string of the molecule is Cc1ccc(-c2c(C=O)nnn2C(C)C)cc1C. The van der Waals surface area contributed by atoms with Crippen molar-refractivity contribution in [1.29, 1.82) is 0 Å². The summed E-state index contributed by atoms with van der Waals surface area (Å²) in [5.74, 6) is 0. The van der Waals surface area contributed by atoms with Gasteiger partial charge in [-0.2, -0.15) is 0 Å². The van der Waals surface area contributed by atoms with Crippen molar-refractivity contribution in [3.63, 3.8) is 0 Å². The third-order valence-electron chi connectivity index (χ3n) is 3.10. The van der Waals surface area contributed by atoms with E-state index in [9.17, 15) is 4.79 Å². The van der Waals surface area contributed by atoms with Gasteiger partial charge < -0.3 is 0 Å². The van der Waals surface area contributed by atoms with E-state index < -0.39 is 0 Å². The summed E-state index contributed by atoms with van der Waals surface area (Å²) in [6.45, 7) is 8.17. The van der Waals surface area contributed by atoms with Gasteiger partial charge in [-0.15, -0.1) is 5.10 Å². The second-order valence-electron chi connectivity index (χ2n) is 4.78. The fourth-order valence-corrected chi connectivity index (χ4v) is 1.92. The molecule has 0 N–H and O–H groups in total. The van der Waals surface area contributed by atoms with Crippen LogP contribution in [0.1, 0.15) is 41.5 Å². The highest BCUT2D eigenvalue weighted by molar-refractivity contribution is 5.83. The van der Waals surface area contributed by atoms with E-state index in [2.05, 4.69) is 36.3 Å². The van der Waals surface area contributed by atoms with Gasteiger partial charge in [-0.05, 0) is 44.9 Å². The van der Waals surface area contributed by atoms with Crippen molar-refractivity contribution in [2.75, 3.05) is 0 Å². The highest BCUT2D eigenvalue weighted by Crippen LogP contribution is 2.26. The number of aryl methyl sites for hydroxylation is 2. The zero-order valence-electron chi connectivity index (χ0n) is 11.1. The molecule has 0 spiro atoms. The number of carbonyl (C=O) groups is 1. The maximum Gasteiger partial charge on any atom is 0.172 e. The number of hydrogen-bond acceptors (Lipinski definition) is 3. The molecule has 2 aromatic rings. The molecule has 1 aromatic carbocycles. The van der Waals surface area contributed by atoms with Gasteiger partial charge >= 0.3 is 0 Å². The Morgan fingerprint density at radius 2 is 1.94 bits per heavy atom. The first-order valence-corrected chi connectivity index (χ1v) is 6.02. The Kier molecular flexibility index (Phi) is 3.28. The van der Waals surface area contributed by atoms with Crippen molar-refractivity contribution in [3.8, 4) is 11.3 Å². The monoisotopic (exact) mass is 243 g/mol. The quantitative estimate of drug-likeness (QED) is 0.779. The van der Waals surface area contributed by atoms with E-state index >= 15 is 0 Å². The van der Waals surface area contributed by atoms with E-state index in [1.807, 2.05) is 19.9 Å². The van der Waals surface area contributed by atoms with Crippen molar-refractivity contribution < 1.29 is 4.79 Å². The Hall–Kier alpha value is -1.97. The number of carbonyl (C=O) groups excluding carboxylic acids is 1. The highest BCUT2D eigenvalue weighted by atomic mass is 16.1. The topological polar surface area (TPSA) is 47.8 Å². The fourth-order valence-electron chi connectivity index (χ4n) is 1.92. The van der Waals surface area contributed by atoms with Gasteiger partial charge in [-0.3, -0.25) is 4.79 Å². The largest absolute Gasteiger partial charge is 0.296 e. The fraction of sp³-hybridized carbons (Fsp3) is 0.357. The predicted molar refractivity (Wildman–Crippen MR) is 70.7 cm³/mol. The van der Waals surface area contributed by atoms with Crippen LogP contribution < -0.4 is 0 Å². The molecule has 1 aromatic heterocycles. The Balaban J connectivity index is 2.64. The molecule has 0 fully saturated rings. The van der Waals surface area contributed by atoms with Crippen LogP contribution >= 0.6 is 0 Å². The van der Waals surface area contributed by atoms with Crippen molar-refractivity contribution in [2.24, 2.45) is 0 Å². The first kappa shape index (κ1) is 12.5. The summed E-state index contributed by atoms with van der Waals surface area (Å²) in [5, 5.41) is 7.98. The van der Waals surface area contributed by atoms with Gasteiger partial charge in [-0.25, -0.2) is 4.68 Å². The Bertz CT molecular complexity index is 585. The standard InChI is InChI=1S/C14H17N3O/c1-9(2)17-14(13(8-18)15-16-17)12-6-5-10(3)11(4)7-12/h5-9H,1-4H3. The number of aromatic nitrogens is 3. The molecule has 0 unspecified atom stereocenters. The molecule has 0 radical (unpaired) electrons. The minimum atomic E-state index is 0.169. The van der Waals surface area contributed by atoms with Crippen molar-refractivity contribution in [2.45, 2.75) is 33.7 Å². The number of rotatable bonds is 3. The van der Waals surface area contributed by atoms with Gasteiger partial charge in [0.15, 0.2) is 12.0 Å². The van der Waals surface area contributed by atoms with E-state index in [-0.39, 0.29) is 6.04 Å². The van der Waals surface area contributed by atoms with Crippen LogP contribution in [0.3, 0.4) is 0 Å². The average Bonchev–Trinajstić information content (AvgIpc) is 2.76. The Morgan fingerprint density at radius 3 is 2.50 bits per heavy atom. The van der Waals surface area contributed by atoms with Crippen LogP contribution in [0.5, 0.6) is 0 Å². The lowest BCUT2D eigenvalue weighted by Crippen LogP contribution is -2.05. The summed E-state index contributed by atoms with van der Waals surface area (Å²) < 4.78 is 1.79. The van der Waals surface area contributed by atoms with E-state index in [0.717, 1.165) is 17.5 Å². The van der Waals surface area contributed by atoms with Crippen molar-refractivity contribution >= 4 is 6.29 Å². The molecule has 0 aliphatic heterocycles. The second-order valence-corrected chi connectivity index (χ2v) is 4.78. The molecule has 0 atom stereocenters. The first-order chi connectivity index (χ1) is 8.54. The molecule has 0 saturated heterocycles. The second kappa shape index (κ2) is 4.72. The van der Waals surface area contributed by atoms with Crippen LogP contribution in [0.4, 0.5) is 0 Å². The molecule has 1 heterocycles. The molecule has 18 heavy (non-hydrogen) atoms. The lowest BCUT2D eigenvalue weighted by Gasteiger charge is -2.11. The molecule has 0 saturated carbocycles. The molecule has 0 aliphatic rings. The molecule has 2 rings (SSSR count). The molecule has 0 amide bonds. The minimum Gasteiger partial charge on any atom is -0.296 e. The number of benzene rings is 1. The molecular formula is C14H17N3O. The Labute approximate surface area is 107 Å². The van der Waals surface area contributed by atoms with E-state index in [1.165, 1.54) is 11.1 Å². The van der Waals surface area contributed by atoms with Crippen LogP contribution in [-0.4, -0.2) is 21.3 Å². The number of nitrogens with zero attached hydrogens (tertiary/aromatic N) is 3. The molecule has 4 nitrogen and oxygen atoms in total. The maximum atomic E-state index is 11.1. The summed E-state index contributed by atoms with van der Waals surface area (Å²) in [6.07, 6.45) is 0.760. The third-order valence-corrected chi connectivity index (χ3v) is 3.10. The lowest BCUT2D eigenvalue weighted by atomic mass is 10.0. The predicted octanol–water partition coefficient (Wildman–Crippen LogP) is 2.96. The molecular weight excluding hydrogens is 226 g/mol. The van der Waals surface area contributed by atoms with Crippen LogP contribution in [0.2, 0.25) is 0 Å². The van der Waals surface area contributed by atoms with Gasteiger partial charge in [0.05, 0.1) is 5.69 Å². The summed E-state index contributed by atoms with van der Waals surface area (Å²) in [7, 11) is 0. The molecule has 4 heteroatoms. The van der Waals surface area contributed by atoms with E-state index in [1.54, 1.807) is 4.68 Å². The maximum absolute atomic E-state index is 11.1. The number of aldehydes is 1. The van der Waals surface area contributed by atoms with Crippen molar-refractivity contribution in [1.82, 2.24) is 15.0 Å². The smallest absolute Gasteiger partial charge is 0.172 e. The normalized spacial score (nSPS) is 10.9. The van der Waals surface area contributed by atoms with Gasteiger partial charge in [0.25, 0.3) is 0 Å². The molecule has 0 bridgehead atoms. The zero-order valence-corrected chi connectivity index (χ0v) is 11.1. The summed E-state index contributed by atoms with van der Waals surface area (Å²) >= 11 is 0. The first-order valence-electron chi connectivity index (χ1n) is 6.02. The lowest BCUT2D eigenvalue weighted by molar-refractivity contribution is 0.111. The van der Waals surface area contributed by atoms with E-state index in [4.69, 9.17) is 0 Å². The Morgan fingerprint density at radius 1 is 1.22 bits per heavy atom. The van der Waals surface area contributed by atoms with Crippen LogP contribution in [0.15, 0.2) is 18.2 Å². The third kappa shape index (κ3) is 2.06. The van der Waals surface area contributed by atoms with Gasteiger partial charge in [0.2, 0.25) is 0 Å². The zero-order chi connectivity index (χ0) is 13.3. The molecule has 94 valence electrons. The average molecular weight is 243 g/mol. The van der Waals surface area contributed by atoms with Gasteiger partial charge in [-0.1, -0.05) is 17.3 Å². The van der Waals surface area contributed by atoms with Crippen LogP contribution in [-0.2, 0) is 0 Å².